The number of halogens is 1. The van der Waals surface area contributed by atoms with Gasteiger partial charge in [-0.2, -0.15) is 5.10 Å². The third-order valence-electron chi connectivity index (χ3n) is 2.65. The number of rotatable bonds is 4. The first-order chi connectivity index (χ1) is 9.10. The van der Waals surface area contributed by atoms with Gasteiger partial charge in [0, 0.05) is 27.5 Å². The number of anilines is 2. The molecule has 0 saturated carbocycles. The molecule has 0 bridgehead atoms. The van der Waals surface area contributed by atoms with Gasteiger partial charge in [-0.1, -0.05) is 13.3 Å². The van der Waals surface area contributed by atoms with Crippen LogP contribution in [0.15, 0.2) is 28.7 Å². The maximum Gasteiger partial charge on any atom is 0.256 e. The maximum absolute atomic E-state index is 12.0. The highest BCUT2D eigenvalue weighted by molar-refractivity contribution is 9.10. The molecule has 1 heterocycles. The van der Waals surface area contributed by atoms with Gasteiger partial charge >= 0.3 is 0 Å². The number of nitrogens with one attached hydrogen (secondary N) is 2. The van der Waals surface area contributed by atoms with Crippen LogP contribution in [0.2, 0.25) is 0 Å². The van der Waals surface area contributed by atoms with E-state index in [2.05, 4.69) is 38.4 Å². The summed E-state index contributed by atoms with van der Waals surface area (Å²) in [6.45, 7) is 2.09. The average Bonchev–Trinajstić information content (AvgIpc) is 2.80. The highest BCUT2D eigenvalue weighted by atomic mass is 79.9. The van der Waals surface area contributed by atoms with Gasteiger partial charge in [0.05, 0.1) is 0 Å². The van der Waals surface area contributed by atoms with Gasteiger partial charge in [-0.3, -0.25) is 9.89 Å². The van der Waals surface area contributed by atoms with Crippen LogP contribution in [0.3, 0.4) is 0 Å². The number of amides is 1. The molecule has 5 nitrogen and oxygen atoms in total. The fourth-order valence-electron chi connectivity index (χ4n) is 1.70. The van der Waals surface area contributed by atoms with E-state index >= 15 is 0 Å². The topological polar surface area (TPSA) is 83.8 Å². The molecular formula is C13H15BrN4O. The van der Waals surface area contributed by atoms with Crippen molar-refractivity contribution in [1.82, 2.24) is 10.2 Å². The van der Waals surface area contributed by atoms with Crippen LogP contribution >= 0.6 is 15.9 Å². The number of aromatic nitrogens is 2. The van der Waals surface area contributed by atoms with Crippen molar-refractivity contribution >= 4 is 33.3 Å². The van der Waals surface area contributed by atoms with Crippen LogP contribution in [0.5, 0.6) is 0 Å². The number of hydrogen-bond donors (Lipinski definition) is 3. The minimum Gasteiger partial charge on any atom is -0.398 e. The van der Waals surface area contributed by atoms with Crippen molar-refractivity contribution in [3.8, 4) is 0 Å². The standard InChI is InChI=1S/C13H15BrN4O/c1-2-3-9-7-12(18-17-9)16-13(19)8-4-5-10(14)11(15)6-8/h4-7H,2-3,15H2,1H3,(H2,16,17,18,19). The lowest BCUT2D eigenvalue weighted by atomic mass is 10.2. The Kier molecular flexibility index (Phi) is 4.21. The lowest BCUT2D eigenvalue weighted by Gasteiger charge is -2.04. The van der Waals surface area contributed by atoms with Crippen molar-refractivity contribution in [3.63, 3.8) is 0 Å². The highest BCUT2D eigenvalue weighted by Gasteiger charge is 2.09. The van der Waals surface area contributed by atoms with E-state index in [1.54, 1.807) is 18.2 Å². The maximum atomic E-state index is 12.0. The molecule has 100 valence electrons. The summed E-state index contributed by atoms with van der Waals surface area (Å²) in [6.07, 6.45) is 1.94. The Hall–Kier alpha value is -1.82. The molecule has 6 heteroatoms. The van der Waals surface area contributed by atoms with Crippen LogP contribution in [0.1, 0.15) is 29.4 Å². The molecule has 0 radical (unpaired) electrons. The number of nitrogen functional groups attached to an aromatic ring is 1. The van der Waals surface area contributed by atoms with E-state index in [1.165, 1.54) is 0 Å². The van der Waals surface area contributed by atoms with Gasteiger partial charge in [0.1, 0.15) is 0 Å². The van der Waals surface area contributed by atoms with Crippen molar-refractivity contribution in [2.75, 3.05) is 11.1 Å². The summed E-state index contributed by atoms with van der Waals surface area (Å²) < 4.78 is 0.772. The van der Waals surface area contributed by atoms with E-state index in [-0.39, 0.29) is 5.91 Å². The van der Waals surface area contributed by atoms with E-state index in [0.717, 1.165) is 23.0 Å². The molecule has 0 aliphatic heterocycles. The molecule has 1 aromatic heterocycles. The first-order valence-electron chi connectivity index (χ1n) is 6.01. The first kappa shape index (κ1) is 13.6. The van der Waals surface area contributed by atoms with E-state index in [0.29, 0.717) is 17.1 Å². The molecule has 0 unspecified atom stereocenters. The predicted molar refractivity (Wildman–Crippen MR) is 79.1 cm³/mol. The molecule has 0 saturated heterocycles. The number of nitrogens with zero attached hydrogens (tertiary/aromatic N) is 1. The molecule has 1 amide bonds. The van der Waals surface area contributed by atoms with Crippen LogP contribution in [0.25, 0.3) is 0 Å². The number of nitrogens with two attached hydrogens (primary N) is 1. The fraction of sp³-hybridized carbons (Fsp3) is 0.231. The van der Waals surface area contributed by atoms with Gasteiger partial charge < -0.3 is 11.1 Å². The van der Waals surface area contributed by atoms with Gasteiger partial charge in [0.2, 0.25) is 0 Å². The third kappa shape index (κ3) is 3.35. The van der Waals surface area contributed by atoms with Gasteiger partial charge in [0.15, 0.2) is 5.82 Å². The summed E-state index contributed by atoms with van der Waals surface area (Å²) in [6, 6.07) is 6.91. The minimum atomic E-state index is -0.228. The zero-order valence-corrected chi connectivity index (χ0v) is 12.1. The normalized spacial score (nSPS) is 10.4. The molecule has 19 heavy (non-hydrogen) atoms. The molecule has 1 aromatic carbocycles. The number of aromatic amines is 1. The summed E-state index contributed by atoms with van der Waals surface area (Å²) >= 11 is 3.29. The fourth-order valence-corrected chi connectivity index (χ4v) is 1.94. The molecule has 0 fully saturated rings. The number of H-pyrrole nitrogens is 1. The largest absolute Gasteiger partial charge is 0.398 e. The zero-order valence-electron chi connectivity index (χ0n) is 10.5. The smallest absolute Gasteiger partial charge is 0.256 e. The minimum absolute atomic E-state index is 0.228. The Balaban J connectivity index is 2.09. The number of benzene rings is 1. The molecule has 4 N–H and O–H groups in total. The van der Waals surface area contributed by atoms with E-state index in [1.807, 2.05) is 6.07 Å². The molecule has 2 aromatic rings. The van der Waals surface area contributed by atoms with Crippen LogP contribution in [0, 0.1) is 0 Å². The number of carbonyl (C=O) groups is 1. The van der Waals surface area contributed by atoms with E-state index < -0.39 is 0 Å². The SMILES string of the molecule is CCCc1cc(NC(=O)c2ccc(Br)c(N)c2)n[nH]1. The molecular weight excluding hydrogens is 308 g/mol. The van der Waals surface area contributed by atoms with Gasteiger partial charge in [-0.05, 0) is 40.5 Å². The lowest BCUT2D eigenvalue weighted by Crippen LogP contribution is -2.12. The summed E-state index contributed by atoms with van der Waals surface area (Å²) in [5.41, 5.74) is 7.78. The molecule has 0 atom stereocenters. The summed E-state index contributed by atoms with van der Waals surface area (Å²) in [7, 11) is 0. The predicted octanol–water partition coefficient (Wildman–Crippen LogP) is 2.96. The van der Waals surface area contributed by atoms with Crippen molar-refractivity contribution in [2.45, 2.75) is 19.8 Å². The first-order valence-corrected chi connectivity index (χ1v) is 6.80. The molecule has 0 aliphatic carbocycles. The Bertz CT molecular complexity index is 594. The van der Waals surface area contributed by atoms with E-state index in [9.17, 15) is 4.79 Å². The molecule has 0 spiro atoms. The van der Waals surface area contributed by atoms with Crippen LogP contribution in [0.4, 0.5) is 11.5 Å². The second kappa shape index (κ2) is 5.88. The Morgan fingerprint density at radius 1 is 1.47 bits per heavy atom. The van der Waals surface area contributed by atoms with Crippen molar-refractivity contribution in [2.24, 2.45) is 0 Å². The summed E-state index contributed by atoms with van der Waals surface area (Å²) in [5, 5.41) is 9.66. The quantitative estimate of drug-likeness (QED) is 0.756. The number of carbonyl (C=O) groups excluding carboxylic acids is 1. The van der Waals surface area contributed by atoms with Gasteiger partial charge in [-0.25, -0.2) is 0 Å². The van der Waals surface area contributed by atoms with Crippen LogP contribution < -0.4 is 11.1 Å². The summed E-state index contributed by atoms with van der Waals surface area (Å²) in [4.78, 5) is 12.0. The van der Waals surface area contributed by atoms with Gasteiger partial charge in [-0.15, -0.1) is 0 Å². The van der Waals surface area contributed by atoms with E-state index in [4.69, 9.17) is 5.73 Å². The summed E-state index contributed by atoms with van der Waals surface area (Å²) in [5.74, 6) is 0.295. The Labute approximate surface area is 119 Å². The van der Waals surface area contributed by atoms with Crippen LogP contribution in [-0.2, 0) is 6.42 Å². The van der Waals surface area contributed by atoms with Crippen LogP contribution in [-0.4, -0.2) is 16.1 Å². The third-order valence-corrected chi connectivity index (χ3v) is 3.37. The van der Waals surface area contributed by atoms with Crippen molar-refractivity contribution in [1.29, 1.82) is 0 Å². The second-order valence-electron chi connectivity index (χ2n) is 4.22. The second-order valence-corrected chi connectivity index (χ2v) is 5.07. The monoisotopic (exact) mass is 322 g/mol. The average molecular weight is 323 g/mol. The molecule has 0 aliphatic rings. The highest BCUT2D eigenvalue weighted by Crippen LogP contribution is 2.20. The number of hydrogen-bond acceptors (Lipinski definition) is 3. The lowest BCUT2D eigenvalue weighted by molar-refractivity contribution is 0.102. The zero-order chi connectivity index (χ0) is 13.8. The van der Waals surface area contributed by atoms with Gasteiger partial charge in [0.25, 0.3) is 5.91 Å². The van der Waals surface area contributed by atoms with Crippen molar-refractivity contribution in [3.05, 3.63) is 40.0 Å². The number of aryl methyl sites for hydroxylation is 1. The Morgan fingerprint density at radius 3 is 2.95 bits per heavy atom. The molecule has 2 rings (SSSR count). The van der Waals surface area contributed by atoms with Crippen molar-refractivity contribution < 1.29 is 4.79 Å². The Morgan fingerprint density at radius 2 is 2.26 bits per heavy atom.